The summed E-state index contributed by atoms with van der Waals surface area (Å²) in [6, 6.07) is 10.8. The van der Waals surface area contributed by atoms with Crippen LogP contribution in [0.25, 0.3) is 0 Å². The van der Waals surface area contributed by atoms with E-state index < -0.39 is 10.0 Å². The van der Waals surface area contributed by atoms with Crippen LogP contribution in [0.2, 0.25) is 0 Å². The lowest BCUT2D eigenvalue weighted by Crippen LogP contribution is -2.37. The first-order chi connectivity index (χ1) is 13.0. The number of carbonyl (C=O) groups is 1. The molecule has 3 rings (SSSR count). The van der Waals surface area contributed by atoms with Crippen molar-refractivity contribution in [2.75, 3.05) is 49.6 Å². The van der Waals surface area contributed by atoms with Crippen molar-refractivity contribution < 1.29 is 17.9 Å². The van der Waals surface area contributed by atoms with Gasteiger partial charge in [0.2, 0.25) is 5.91 Å². The number of sulfonamides is 1. The molecule has 9 heteroatoms. The van der Waals surface area contributed by atoms with Crippen LogP contribution in [0, 0.1) is 0 Å². The van der Waals surface area contributed by atoms with Gasteiger partial charge < -0.3 is 15.0 Å². The molecule has 0 saturated carbocycles. The van der Waals surface area contributed by atoms with Crippen molar-refractivity contribution in [2.24, 2.45) is 0 Å². The molecule has 0 unspecified atom stereocenters. The largest absolute Gasteiger partial charge is 0.378 e. The summed E-state index contributed by atoms with van der Waals surface area (Å²) >= 11 is 1.14. The van der Waals surface area contributed by atoms with E-state index in [-0.39, 0.29) is 23.2 Å². The molecular weight excluding hydrogens is 386 g/mol. The number of morpholine rings is 1. The lowest BCUT2D eigenvalue weighted by Gasteiger charge is -2.28. The Bertz CT molecular complexity index is 845. The Labute approximate surface area is 163 Å². The van der Waals surface area contributed by atoms with E-state index in [9.17, 15) is 13.2 Å². The molecule has 0 spiro atoms. The third-order valence-electron chi connectivity index (χ3n) is 4.29. The number of carbonyl (C=O) groups excluding carboxylic acids is 1. The van der Waals surface area contributed by atoms with Crippen LogP contribution < -0.4 is 10.2 Å². The zero-order valence-corrected chi connectivity index (χ0v) is 16.8. The van der Waals surface area contributed by atoms with E-state index in [1.807, 2.05) is 24.3 Å². The Balaban J connectivity index is 1.61. The molecule has 1 aliphatic rings. The second kappa shape index (κ2) is 8.83. The molecule has 1 aliphatic heterocycles. The van der Waals surface area contributed by atoms with Crippen molar-refractivity contribution in [1.29, 1.82) is 0 Å². The standard InChI is InChI=1S/C18H23N3O4S2/c1-2-21(27(23,24)18-4-3-13-26-18)14-17(22)19-15-5-7-16(8-6-15)20-9-11-25-12-10-20/h3-8,13H,2,9-12,14H2,1H3,(H,19,22). The van der Waals surface area contributed by atoms with Gasteiger partial charge in [-0.15, -0.1) is 11.3 Å². The predicted octanol–water partition coefficient (Wildman–Crippen LogP) is 2.23. The minimum absolute atomic E-state index is 0.220. The van der Waals surface area contributed by atoms with Crippen LogP contribution in [0.1, 0.15) is 6.92 Å². The van der Waals surface area contributed by atoms with Gasteiger partial charge in [0.15, 0.2) is 0 Å². The van der Waals surface area contributed by atoms with E-state index in [1.165, 1.54) is 4.31 Å². The van der Waals surface area contributed by atoms with Gasteiger partial charge in [0.1, 0.15) is 4.21 Å². The maximum absolute atomic E-state index is 12.6. The van der Waals surface area contributed by atoms with E-state index in [1.54, 1.807) is 24.4 Å². The van der Waals surface area contributed by atoms with Crippen molar-refractivity contribution in [3.8, 4) is 0 Å². The molecule has 146 valence electrons. The van der Waals surface area contributed by atoms with Crippen LogP contribution in [0.3, 0.4) is 0 Å². The highest BCUT2D eigenvalue weighted by Crippen LogP contribution is 2.21. The molecule has 2 aromatic rings. The van der Waals surface area contributed by atoms with Gasteiger partial charge in [0.25, 0.3) is 10.0 Å². The summed E-state index contributed by atoms with van der Waals surface area (Å²) in [7, 11) is -3.64. The van der Waals surface area contributed by atoms with Gasteiger partial charge in [-0.2, -0.15) is 4.31 Å². The van der Waals surface area contributed by atoms with Crippen LogP contribution in [0.15, 0.2) is 46.0 Å². The number of anilines is 2. The second-order valence-electron chi connectivity index (χ2n) is 6.06. The molecule has 1 N–H and O–H groups in total. The number of thiophene rings is 1. The smallest absolute Gasteiger partial charge is 0.253 e. The van der Waals surface area contributed by atoms with Crippen LogP contribution >= 0.6 is 11.3 Å². The Morgan fingerprint density at radius 3 is 2.52 bits per heavy atom. The quantitative estimate of drug-likeness (QED) is 0.759. The van der Waals surface area contributed by atoms with E-state index in [2.05, 4.69) is 10.2 Å². The summed E-state index contributed by atoms with van der Waals surface area (Å²) in [5.41, 5.74) is 1.72. The van der Waals surface area contributed by atoms with Crippen molar-refractivity contribution >= 4 is 38.6 Å². The number of amides is 1. The fourth-order valence-electron chi connectivity index (χ4n) is 2.84. The molecule has 0 atom stereocenters. The van der Waals surface area contributed by atoms with Gasteiger partial charge in [-0.05, 0) is 35.7 Å². The fourth-order valence-corrected chi connectivity index (χ4v) is 5.39. The predicted molar refractivity (Wildman–Crippen MR) is 107 cm³/mol. The SMILES string of the molecule is CCN(CC(=O)Nc1ccc(N2CCOCC2)cc1)S(=O)(=O)c1cccs1. The molecular formula is C18H23N3O4S2. The van der Waals surface area contributed by atoms with Crippen molar-refractivity contribution in [2.45, 2.75) is 11.1 Å². The lowest BCUT2D eigenvalue weighted by molar-refractivity contribution is -0.116. The van der Waals surface area contributed by atoms with Gasteiger partial charge in [0, 0.05) is 31.0 Å². The number of rotatable bonds is 7. The molecule has 1 aromatic heterocycles. The van der Waals surface area contributed by atoms with E-state index in [0.29, 0.717) is 18.9 Å². The van der Waals surface area contributed by atoms with Crippen LogP contribution in [-0.2, 0) is 19.6 Å². The van der Waals surface area contributed by atoms with Crippen LogP contribution in [0.4, 0.5) is 11.4 Å². The zero-order valence-electron chi connectivity index (χ0n) is 15.1. The number of ether oxygens (including phenoxy) is 1. The maximum atomic E-state index is 12.6. The Morgan fingerprint density at radius 2 is 1.93 bits per heavy atom. The number of benzene rings is 1. The molecule has 7 nitrogen and oxygen atoms in total. The fraction of sp³-hybridized carbons (Fsp3) is 0.389. The van der Waals surface area contributed by atoms with E-state index in [4.69, 9.17) is 4.74 Å². The van der Waals surface area contributed by atoms with Crippen molar-refractivity contribution in [1.82, 2.24) is 4.31 Å². The molecule has 1 saturated heterocycles. The summed E-state index contributed by atoms with van der Waals surface area (Å²) in [6.45, 7) is 4.84. The monoisotopic (exact) mass is 409 g/mol. The summed E-state index contributed by atoms with van der Waals surface area (Å²) in [4.78, 5) is 14.6. The topological polar surface area (TPSA) is 79.0 Å². The highest BCUT2D eigenvalue weighted by atomic mass is 32.2. The van der Waals surface area contributed by atoms with Gasteiger partial charge in [-0.25, -0.2) is 8.42 Å². The molecule has 0 radical (unpaired) electrons. The normalized spacial score (nSPS) is 15.1. The van der Waals surface area contributed by atoms with Crippen molar-refractivity contribution in [3.05, 3.63) is 41.8 Å². The Hall–Kier alpha value is -1.94. The minimum Gasteiger partial charge on any atom is -0.378 e. The summed E-state index contributed by atoms with van der Waals surface area (Å²) < 4.78 is 31.9. The molecule has 0 bridgehead atoms. The highest BCUT2D eigenvalue weighted by Gasteiger charge is 2.26. The van der Waals surface area contributed by atoms with Gasteiger partial charge in [0.05, 0.1) is 19.8 Å². The first-order valence-corrected chi connectivity index (χ1v) is 11.1. The number of hydrogen-bond acceptors (Lipinski definition) is 6. The van der Waals surface area contributed by atoms with E-state index >= 15 is 0 Å². The molecule has 1 aromatic carbocycles. The highest BCUT2D eigenvalue weighted by molar-refractivity contribution is 7.91. The second-order valence-corrected chi connectivity index (χ2v) is 9.17. The third-order valence-corrected chi connectivity index (χ3v) is 7.58. The van der Waals surface area contributed by atoms with Crippen LogP contribution in [0.5, 0.6) is 0 Å². The van der Waals surface area contributed by atoms with E-state index in [0.717, 1.165) is 30.1 Å². The first kappa shape index (κ1) is 19.8. The number of nitrogens with one attached hydrogen (secondary N) is 1. The van der Waals surface area contributed by atoms with Crippen molar-refractivity contribution in [3.63, 3.8) is 0 Å². The minimum atomic E-state index is -3.64. The lowest BCUT2D eigenvalue weighted by atomic mass is 10.2. The molecule has 1 fully saturated rings. The summed E-state index contributed by atoms with van der Waals surface area (Å²) in [5, 5.41) is 4.47. The average Bonchev–Trinajstić information content (AvgIpc) is 3.23. The average molecular weight is 410 g/mol. The maximum Gasteiger partial charge on any atom is 0.253 e. The van der Waals surface area contributed by atoms with Gasteiger partial charge >= 0.3 is 0 Å². The Morgan fingerprint density at radius 1 is 1.22 bits per heavy atom. The summed E-state index contributed by atoms with van der Waals surface area (Å²) in [6.07, 6.45) is 0. The third kappa shape index (κ3) is 4.86. The van der Waals surface area contributed by atoms with Crippen LogP contribution in [-0.4, -0.2) is 58.0 Å². The molecule has 0 aliphatic carbocycles. The zero-order chi connectivity index (χ0) is 19.3. The molecule has 2 heterocycles. The summed E-state index contributed by atoms with van der Waals surface area (Å²) in [5.74, 6) is -0.365. The number of nitrogens with zero attached hydrogens (tertiary/aromatic N) is 2. The van der Waals surface area contributed by atoms with Gasteiger partial charge in [-0.1, -0.05) is 13.0 Å². The number of likely N-dealkylation sites (N-methyl/N-ethyl adjacent to an activating group) is 1. The molecule has 27 heavy (non-hydrogen) atoms. The first-order valence-electron chi connectivity index (χ1n) is 8.77. The molecule has 1 amide bonds. The number of hydrogen-bond donors (Lipinski definition) is 1. The Kier molecular flexibility index (Phi) is 6.48. The van der Waals surface area contributed by atoms with Gasteiger partial charge in [-0.3, -0.25) is 4.79 Å².